The molecule has 0 fully saturated rings. The highest BCUT2D eigenvalue weighted by Gasteiger charge is 2.65. The molecule has 232 valence electrons. The van der Waals surface area contributed by atoms with Crippen molar-refractivity contribution in [2.75, 3.05) is 26.4 Å². The van der Waals surface area contributed by atoms with Crippen molar-refractivity contribution in [1.82, 2.24) is 0 Å². The average Bonchev–Trinajstić information content (AvgIpc) is 2.85. The fourth-order valence-electron chi connectivity index (χ4n) is 1.75. The largest absolute Gasteiger partial charge is 0.638 e. The van der Waals surface area contributed by atoms with Crippen molar-refractivity contribution in [2.24, 2.45) is 0 Å². The predicted octanol–water partition coefficient (Wildman–Crippen LogP) is -1.44. The van der Waals surface area contributed by atoms with Gasteiger partial charge in [0.2, 0.25) is 13.2 Å². The Labute approximate surface area is 218 Å². The van der Waals surface area contributed by atoms with E-state index < -0.39 is 95.1 Å². The zero-order valence-corrected chi connectivity index (χ0v) is 19.8. The van der Waals surface area contributed by atoms with E-state index in [9.17, 15) is 89.7 Å². The highest BCUT2D eigenvalue weighted by molar-refractivity contribution is 4.65. The summed E-state index contributed by atoms with van der Waals surface area (Å²) in [4.78, 5) is 71.7. The van der Waals surface area contributed by atoms with Gasteiger partial charge in [-0.1, -0.05) is 8.78 Å². The number of nitrogens with zero attached hydrogens (tertiary/aromatic N) is 8. The number of alkyl halides is 2. The van der Waals surface area contributed by atoms with Gasteiger partial charge in [-0.2, -0.15) is 0 Å². The Balaban J connectivity index is 7.14. The van der Waals surface area contributed by atoms with E-state index in [0.29, 0.717) is 0 Å². The van der Waals surface area contributed by atoms with Crippen LogP contribution in [0.1, 0.15) is 13.8 Å². The minimum atomic E-state index is -5.02. The van der Waals surface area contributed by atoms with Gasteiger partial charge in [-0.15, -0.1) is 0 Å². The van der Waals surface area contributed by atoms with Gasteiger partial charge >= 0.3 is 29.3 Å². The van der Waals surface area contributed by atoms with Crippen molar-refractivity contribution in [3.8, 4) is 0 Å². The Kier molecular flexibility index (Phi) is 10.8. The average molecular weight is 616 g/mol. The van der Waals surface area contributed by atoms with E-state index >= 15 is 0 Å². The summed E-state index contributed by atoms with van der Waals surface area (Å²) in [6.45, 7) is -9.54. The summed E-state index contributed by atoms with van der Waals surface area (Å²) < 4.78 is 45.7. The summed E-state index contributed by atoms with van der Waals surface area (Å²) in [5, 5.41) is 88.1. The van der Waals surface area contributed by atoms with Crippen LogP contribution in [0.4, 0.5) is 8.78 Å². The molecule has 0 spiro atoms. The third-order valence-corrected chi connectivity index (χ3v) is 4.60. The van der Waals surface area contributed by atoms with Crippen molar-refractivity contribution in [3.05, 3.63) is 80.9 Å². The van der Waals surface area contributed by atoms with Crippen LogP contribution < -0.4 is 0 Å². The van der Waals surface area contributed by atoms with Crippen LogP contribution in [0, 0.1) is 80.9 Å². The van der Waals surface area contributed by atoms with Gasteiger partial charge in [-0.25, -0.2) is 0 Å². The summed E-state index contributed by atoms with van der Waals surface area (Å²) in [6.07, 6.45) is -4.51. The first-order chi connectivity index (χ1) is 18.4. The Morgan fingerprint density at radius 3 is 0.805 bits per heavy atom. The monoisotopic (exact) mass is 616 g/mol. The molecule has 41 heavy (non-hydrogen) atoms. The molecule has 0 heterocycles. The first kappa shape index (κ1) is 35.9. The SMILES string of the molecule is CC(COC(OCC(C)([N+](=O)[O-])[N+](=O)[O-])(OCC(F)([N+](=O)[O-])[N+](=O)[O-])OCC(F)([N+](=O)[O-])[N+](=O)[O-])([N+](=O)[O-])[N+](=O)[O-]. The van der Waals surface area contributed by atoms with E-state index in [0.717, 1.165) is 0 Å². The topological polar surface area (TPSA) is 382 Å². The molecule has 0 unspecified atom stereocenters. The first-order valence-electron chi connectivity index (χ1n) is 9.47. The molecule has 0 aromatic rings. The van der Waals surface area contributed by atoms with Crippen molar-refractivity contribution in [3.63, 3.8) is 0 Å². The molecular formula is C11H14F2N8O20. The summed E-state index contributed by atoms with van der Waals surface area (Å²) in [7, 11) is 0. The Bertz CT molecular complexity index is 903. The molecule has 0 aromatic heterocycles. The predicted molar refractivity (Wildman–Crippen MR) is 107 cm³/mol. The van der Waals surface area contributed by atoms with E-state index in [1.54, 1.807) is 0 Å². The van der Waals surface area contributed by atoms with Crippen LogP contribution in [0.5, 0.6) is 0 Å². The van der Waals surface area contributed by atoms with E-state index in [1.165, 1.54) is 0 Å². The smallest absolute Gasteiger partial charge is 0.288 e. The van der Waals surface area contributed by atoms with E-state index in [-0.39, 0.29) is 13.8 Å². The molecule has 0 rings (SSSR count). The number of nitro groups is 8. The van der Waals surface area contributed by atoms with Crippen LogP contribution in [0.3, 0.4) is 0 Å². The number of rotatable bonds is 20. The fourth-order valence-corrected chi connectivity index (χ4v) is 1.75. The van der Waals surface area contributed by atoms with Gasteiger partial charge in [-0.3, -0.25) is 99.9 Å². The highest BCUT2D eigenvalue weighted by Crippen LogP contribution is 2.29. The summed E-state index contributed by atoms with van der Waals surface area (Å²) in [5.74, 6) is -10.0. The molecule has 0 aliphatic heterocycles. The molecule has 0 aliphatic rings. The molecule has 0 radical (unpaired) electrons. The third kappa shape index (κ3) is 7.51. The second-order valence-electron chi connectivity index (χ2n) is 7.58. The van der Waals surface area contributed by atoms with Crippen LogP contribution in [-0.2, 0) is 18.9 Å². The maximum absolute atomic E-state index is 14.3. The third-order valence-electron chi connectivity index (χ3n) is 4.60. The van der Waals surface area contributed by atoms with Crippen LogP contribution >= 0.6 is 0 Å². The maximum Gasteiger partial charge on any atom is 0.638 e. The zero-order chi connectivity index (χ0) is 32.8. The summed E-state index contributed by atoms with van der Waals surface area (Å²) in [6, 6.07) is 0. The second-order valence-corrected chi connectivity index (χ2v) is 7.58. The van der Waals surface area contributed by atoms with Gasteiger partial charge in [0.05, 0.1) is 13.8 Å². The number of hydrogen-bond acceptors (Lipinski definition) is 20. The van der Waals surface area contributed by atoms with Gasteiger partial charge in [-0.05, 0) is 0 Å². The Morgan fingerprint density at radius 2 is 0.634 bits per heavy atom. The normalized spacial score (nSPS) is 12.8. The molecular weight excluding hydrogens is 602 g/mol. The van der Waals surface area contributed by atoms with Crippen LogP contribution in [0.2, 0.25) is 0 Å². The lowest BCUT2D eigenvalue weighted by Gasteiger charge is -2.32. The van der Waals surface area contributed by atoms with Gasteiger partial charge in [0.1, 0.15) is 39.4 Å². The minimum Gasteiger partial charge on any atom is -0.288 e. The molecule has 0 atom stereocenters. The van der Waals surface area contributed by atoms with E-state index in [2.05, 4.69) is 18.9 Å². The van der Waals surface area contributed by atoms with Crippen LogP contribution in [0.25, 0.3) is 0 Å². The van der Waals surface area contributed by atoms with Crippen LogP contribution in [0.15, 0.2) is 0 Å². The van der Waals surface area contributed by atoms with E-state index in [1.807, 2.05) is 0 Å². The Morgan fingerprint density at radius 1 is 0.439 bits per heavy atom. The van der Waals surface area contributed by atoms with Gasteiger partial charge in [0.25, 0.3) is 0 Å². The minimum absolute atomic E-state index is 0.122. The van der Waals surface area contributed by atoms with Crippen LogP contribution in [-0.4, -0.2) is 95.1 Å². The number of halogens is 2. The molecule has 0 aliphatic carbocycles. The highest BCUT2D eigenvalue weighted by atomic mass is 19.2. The first-order valence-corrected chi connectivity index (χ1v) is 9.47. The molecule has 0 bridgehead atoms. The number of hydrogen-bond donors (Lipinski definition) is 0. The summed E-state index contributed by atoms with van der Waals surface area (Å²) >= 11 is 0. The quantitative estimate of drug-likeness (QED) is 0.0653. The fraction of sp³-hybridized carbons (Fsp3) is 1.00. The standard InChI is InChI=1S/C11H14F2N8O20/c1-7(14(22)23,15(24)25)3-38-11(39-4-8(2,16(26)27)17(28)29,40-5-9(12,18(30)31)19(32)33)41-6-10(13,20(34)35)21(36)37/h3-6H2,1-2H3. The summed E-state index contributed by atoms with van der Waals surface area (Å²) in [5.41, 5.74) is -7.23. The second kappa shape index (κ2) is 12.4. The molecule has 0 N–H and O–H groups in total. The molecule has 28 nitrogen and oxygen atoms in total. The lowest BCUT2D eigenvalue weighted by molar-refractivity contribution is -0.842. The van der Waals surface area contributed by atoms with E-state index in [4.69, 9.17) is 0 Å². The van der Waals surface area contributed by atoms with Gasteiger partial charge in [0, 0.05) is 0 Å². The van der Waals surface area contributed by atoms with Gasteiger partial charge in [0.15, 0.2) is 13.2 Å². The van der Waals surface area contributed by atoms with Gasteiger partial charge < -0.3 is 0 Å². The lowest BCUT2D eigenvalue weighted by Crippen LogP contribution is -2.59. The van der Waals surface area contributed by atoms with Crippen molar-refractivity contribution < 1.29 is 67.1 Å². The molecule has 0 aromatic carbocycles. The zero-order valence-electron chi connectivity index (χ0n) is 19.8. The number of ether oxygens (including phenoxy) is 4. The van der Waals surface area contributed by atoms with Crippen molar-refractivity contribution in [2.45, 2.75) is 43.2 Å². The molecule has 30 heteroatoms. The molecule has 0 amide bonds. The Hall–Kier alpha value is -5.10. The van der Waals surface area contributed by atoms with Crippen molar-refractivity contribution in [1.29, 1.82) is 0 Å². The molecule has 0 saturated heterocycles. The maximum atomic E-state index is 14.3. The van der Waals surface area contributed by atoms with Crippen molar-refractivity contribution >= 4 is 0 Å². The lowest BCUT2D eigenvalue weighted by atomic mass is 10.2. The molecule has 0 saturated carbocycles.